The van der Waals surface area contributed by atoms with E-state index in [1.807, 2.05) is 12.1 Å². The first-order valence-corrected chi connectivity index (χ1v) is 10.2. The van der Waals surface area contributed by atoms with Crippen LogP contribution < -0.4 is 10.6 Å². The van der Waals surface area contributed by atoms with Gasteiger partial charge in [-0.3, -0.25) is 24.6 Å². The summed E-state index contributed by atoms with van der Waals surface area (Å²) in [6.45, 7) is 5.81. The molecular weight excluding hydrogens is 356 g/mol. The van der Waals surface area contributed by atoms with E-state index in [1.54, 1.807) is 4.90 Å². The molecule has 0 spiro atoms. The average molecular weight is 382 g/mol. The second-order valence-electron chi connectivity index (χ2n) is 8.63. The third-order valence-electron chi connectivity index (χ3n) is 6.89. The number of hydrogen-bond acceptors (Lipinski definition) is 5. The van der Waals surface area contributed by atoms with Crippen molar-refractivity contribution < 1.29 is 14.4 Å². The van der Waals surface area contributed by atoms with Crippen molar-refractivity contribution in [2.75, 3.05) is 13.1 Å². The van der Waals surface area contributed by atoms with E-state index in [0.29, 0.717) is 30.6 Å². The Morgan fingerprint density at radius 1 is 1.18 bits per heavy atom. The van der Waals surface area contributed by atoms with Crippen LogP contribution >= 0.6 is 0 Å². The number of imide groups is 1. The van der Waals surface area contributed by atoms with Crippen molar-refractivity contribution in [3.05, 3.63) is 34.9 Å². The molecule has 7 nitrogen and oxygen atoms in total. The quantitative estimate of drug-likeness (QED) is 0.750. The van der Waals surface area contributed by atoms with E-state index < -0.39 is 6.04 Å². The van der Waals surface area contributed by atoms with Gasteiger partial charge in [0, 0.05) is 43.7 Å². The number of piperidine rings is 1. The van der Waals surface area contributed by atoms with Gasteiger partial charge >= 0.3 is 0 Å². The number of likely N-dealkylation sites (tertiary alicyclic amines) is 1. The fraction of sp³-hybridized carbons (Fsp3) is 0.571. The average Bonchev–Trinajstić information content (AvgIpc) is 3.31. The molecule has 28 heavy (non-hydrogen) atoms. The number of benzene rings is 1. The Morgan fingerprint density at radius 2 is 2.04 bits per heavy atom. The standard InChI is InChI=1S/C21H26N4O3/c1-12-6-14-8-22-9-18(14)24(12)10-13-2-3-16-15(7-13)11-25(21(16)28)17-4-5-19(26)23-20(17)27/h2-3,7,12,14,17-18,22H,4-6,8-11H2,1H3,(H,23,26,27)/t12-,14+,17?,18-/m1/s1. The third-order valence-corrected chi connectivity index (χ3v) is 6.89. The maximum atomic E-state index is 12.8. The summed E-state index contributed by atoms with van der Waals surface area (Å²) in [4.78, 5) is 40.6. The van der Waals surface area contributed by atoms with Gasteiger partial charge in [0.2, 0.25) is 11.8 Å². The zero-order valence-corrected chi connectivity index (χ0v) is 16.1. The first-order chi connectivity index (χ1) is 13.5. The van der Waals surface area contributed by atoms with Crippen molar-refractivity contribution in [2.45, 2.75) is 57.4 Å². The van der Waals surface area contributed by atoms with Crippen LogP contribution in [0.4, 0.5) is 0 Å². The fourth-order valence-corrected chi connectivity index (χ4v) is 5.46. The molecule has 4 atom stereocenters. The first kappa shape index (κ1) is 17.8. The van der Waals surface area contributed by atoms with Gasteiger partial charge in [0.15, 0.2) is 0 Å². The van der Waals surface area contributed by atoms with Crippen molar-refractivity contribution in [1.29, 1.82) is 0 Å². The van der Waals surface area contributed by atoms with E-state index in [-0.39, 0.29) is 24.1 Å². The Morgan fingerprint density at radius 3 is 2.86 bits per heavy atom. The van der Waals surface area contributed by atoms with Crippen molar-refractivity contribution in [3.8, 4) is 0 Å². The van der Waals surface area contributed by atoms with Gasteiger partial charge in [-0.1, -0.05) is 12.1 Å². The highest BCUT2D eigenvalue weighted by atomic mass is 16.2. The van der Waals surface area contributed by atoms with Crippen LogP contribution in [0.15, 0.2) is 18.2 Å². The number of carbonyl (C=O) groups excluding carboxylic acids is 3. The summed E-state index contributed by atoms with van der Waals surface area (Å²) in [7, 11) is 0. The summed E-state index contributed by atoms with van der Waals surface area (Å²) in [6.07, 6.45) is 1.92. The molecule has 4 heterocycles. The predicted octanol–water partition coefficient (Wildman–Crippen LogP) is 0.630. The van der Waals surface area contributed by atoms with Gasteiger partial charge in [0.05, 0.1) is 0 Å². The zero-order chi connectivity index (χ0) is 19.4. The van der Waals surface area contributed by atoms with E-state index >= 15 is 0 Å². The summed E-state index contributed by atoms with van der Waals surface area (Å²) >= 11 is 0. The molecular formula is C21H26N4O3. The van der Waals surface area contributed by atoms with Crippen molar-refractivity contribution in [2.24, 2.45) is 5.92 Å². The molecule has 4 aliphatic rings. The van der Waals surface area contributed by atoms with Crippen LogP contribution in [0.5, 0.6) is 0 Å². The SMILES string of the molecule is C[C@@H]1C[C@H]2CNC[C@H]2N1Cc1ccc2c(c1)CN(C1CCC(=O)NC1=O)C2=O. The fourth-order valence-electron chi connectivity index (χ4n) is 5.46. The normalized spacial score (nSPS) is 32.6. The number of amides is 3. The lowest BCUT2D eigenvalue weighted by Crippen LogP contribution is -2.52. The monoisotopic (exact) mass is 382 g/mol. The number of fused-ring (bicyclic) bond motifs is 2. The number of nitrogens with zero attached hydrogens (tertiary/aromatic N) is 2. The molecule has 4 aliphatic heterocycles. The number of carbonyl (C=O) groups is 3. The molecule has 148 valence electrons. The Kier molecular flexibility index (Phi) is 4.25. The maximum absolute atomic E-state index is 12.8. The van der Waals surface area contributed by atoms with E-state index in [4.69, 9.17) is 0 Å². The van der Waals surface area contributed by atoms with Crippen LogP contribution in [0.1, 0.15) is 47.7 Å². The smallest absolute Gasteiger partial charge is 0.255 e. The molecule has 1 aromatic rings. The van der Waals surface area contributed by atoms with E-state index in [1.165, 1.54) is 12.0 Å². The van der Waals surface area contributed by atoms with Crippen LogP contribution in [-0.4, -0.2) is 58.7 Å². The lowest BCUT2D eigenvalue weighted by Gasteiger charge is -2.29. The third kappa shape index (κ3) is 2.84. The molecule has 0 bridgehead atoms. The topological polar surface area (TPSA) is 81.8 Å². The van der Waals surface area contributed by atoms with Crippen molar-refractivity contribution in [1.82, 2.24) is 20.4 Å². The highest BCUT2D eigenvalue weighted by Gasteiger charge is 2.42. The van der Waals surface area contributed by atoms with Gasteiger partial charge in [0.25, 0.3) is 5.91 Å². The number of nitrogens with one attached hydrogen (secondary N) is 2. The summed E-state index contributed by atoms with van der Waals surface area (Å²) in [6, 6.07) is 6.71. The van der Waals surface area contributed by atoms with Gasteiger partial charge in [-0.15, -0.1) is 0 Å². The largest absolute Gasteiger partial charge is 0.322 e. The summed E-state index contributed by atoms with van der Waals surface area (Å²) in [5, 5.41) is 5.86. The molecule has 2 N–H and O–H groups in total. The van der Waals surface area contributed by atoms with Gasteiger partial charge < -0.3 is 10.2 Å². The highest BCUT2D eigenvalue weighted by molar-refractivity contribution is 6.05. The predicted molar refractivity (Wildman–Crippen MR) is 102 cm³/mol. The highest BCUT2D eigenvalue weighted by Crippen LogP contribution is 2.34. The molecule has 3 fully saturated rings. The summed E-state index contributed by atoms with van der Waals surface area (Å²) in [5.74, 6) is 0.0232. The van der Waals surface area contributed by atoms with E-state index in [9.17, 15) is 14.4 Å². The van der Waals surface area contributed by atoms with Gasteiger partial charge in [-0.25, -0.2) is 0 Å². The minimum atomic E-state index is -0.551. The molecule has 0 radical (unpaired) electrons. The van der Waals surface area contributed by atoms with Crippen LogP contribution in [0, 0.1) is 5.92 Å². The second-order valence-corrected chi connectivity index (χ2v) is 8.63. The van der Waals surface area contributed by atoms with Gasteiger partial charge in [0.1, 0.15) is 6.04 Å². The molecule has 7 heteroatoms. The molecule has 0 saturated carbocycles. The van der Waals surface area contributed by atoms with Crippen LogP contribution in [0.2, 0.25) is 0 Å². The molecule has 1 aromatic carbocycles. The van der Waals surface area contributed by atoms with Crippen molar-refractivity contribution in [3.63, 3.8) is 0 Å². The molecule has 0 aliphatic carbocycles. The molecule has 3 saturated heterocycles. The van der Waals surface area contributed by atoms with E-state index in [0.717, 1.165) is 31.1 Å². The maximum Gasteiger partial charge on any atom is 0.255 e. The Balaban J connectivity index is 1.33. The Labute approximate surface area is 164 Å². The molecule has 3 amide bonds. The molecule has 0 aromatic heterocycles. The van der Waals surface area contributed by atoms with E-state index in [2.05, 4.69) is 28.5 Å². The zero-order valence-electron chi connectivity index (χ0n) is 16.1. The second kappa shape index (κ2) is 6.67. The minimum Gasteiger partial charge on any atom is -0.322 e. The van der Waals surface area contributed by atoms with Crippen LogP contribution in [-0.2, 0) is 22.7 Å². The number of hydrogen-bond donors (Lipinski definition) is 2. The summed E-state index contributed by atoms with van der Waals surface area (Å²) in [5.41, 5.74) is 2.89. The first-order valence-electron chi connectivity index (χ1n) is 10.2. The lowest BCUT2D eigenvalue weighted by molar-refractivity contribution is -0.136. The van der Waals surface area contributed by atoms with Crippen LogP contribution in [0.25, 0.3) is 0 Å². The van der Waals surface area contributed by atoms with Gasteiger partial charge in [-0.05, 0) is 49.4 Å². The Hall–Kier alpha value is -2.25. The molecule has 5 rings (SSSR count). The lowest BCUT2D eigenvalue weighted by atomic mass is 10.0. The Bertz CT molecular complexity index is 854. The van der Waals surface area contributed by atoms with Crippen LogP contribution in [0.3, 0.4) is 0 Å². The number of rotatable bonds is 3. The summed E-state index contributed by atoms with van der Waals surface area (Å²) < 4.78 is 0. The molecule has 1 unspecified atom stereocenters. The van der Waals surface area contributed by atoms with Crippen molar-refractivity contribution >= 4 is 17.7 Å². The van der Waals surface area contributed by atoms with Gasteiger partial charge in [-0.2, -0.15) is 0 Å². The minimum absolute atomic E-state index is 0.106.